The third kappa shape index (κ3) is 2.18. The van der Waals surface area contributed by atoms with Gasteiger partial charge in [-0.15, -0.1) is 0 Å². The number of aromatic nitrogens is 2. The molecule has 0 aliphatic carbocycles. The quantitative estimate of drug-likeness (QED) is 0.796. The van der Waals surface area contributed by atoms with Crippen LogP contribution in [-0.4, -0.2) is 15.6 Å². The van der Waals surface area contributed by atoms with E-state index in [0.717, 1.165) is 10.2 Å². The van der Waals surface area contributed by atoms with Crippen molar-refractivity contribution in [1.82, 2.24) is 9.78 Å². The number of carbonyl (C=O) groups excluding carboxylic acids is 1. The van der Waals surface area contributed by atoms with Crippen LogP contribution in [0, 0.1) is 0 Å². The molecular formula is C11H8BrClN2O. The van der Waals surface area contributed by atoms with Crippen LogP contribution in [0.3, 0.4) is 0 Å². The molecule has 0 radical (unpaired) electrons. The molecular weight excluding hydrogens is 291 g/mol. The Kier molecular flexibility index (Phi) is 3.12. The van der Waals surface area contributed by atoms with Gasteiger partial charge in [-0.2, -0.15) is 5.10 Å². The first kappa shape index (κ1) is 11.4. The van der Waals surface area contributed by atoms with E-state index in [2.05, 4.69) is 21.0 Å². The lowest BCUT2D eigenvalue weighted by molar-refractivity contribution is 0.101. The Morgan fingerprint density at radius 1 is 1.50 bits per heavy atom. The Morgan fingerprint density at radius 3 is 2.81 bits per heavy atom. The summed E-state index contributed by atoms with van der Waals surface area (Å²) in [6, 6.07) is 5.45. The second-order valence-corrected chi connectivity index (χ2v) is 4.67. The maximum Gasteiger partial charge on any atom is 0.162 e. The van der Waals surface area contributed by atoms with Crippen molar-refractivity contribution in [3.05, 3.63) is 45.7 Å². The van der Waals surface area contributed by atoms with Crippen molar-refractivity contribution in [1.29, 1.82) is 0 Å². The molecule has 3 nitrogen and oxygen atoms in total. The second kappa shape index (κ2) is 4.39. The number of benzene rings is 1. The molecule has 0 atom stereocenters. The third-order valence-corrected chi connectivity index (χ3v) is 2.82. The van der Waals surface area contributed by atoms with E-state index < -0.39 is 0 Å². The maximum absolute atomic E-state index is 11.5. The average molecular weight is 300 g/mol. The van der Waals surface area contributed by atoms with E-state index in [-0.39, 0.29) is 5.78 Å². The predicted octanol–water partition coefficient (Wildman–Crippen LogP) is 3.49. The number of halogens is 2. The fraction of sp³-hybridized carbons (Fsp3) is 0.0909. The van der Waals surface area contributed by atoms with Crippen LogP contribution in [0.25, 0.3) is 5.69 Å². The normalized spacial score (nSPS) is 10.4. The summed E-state index contributed by atoms with van der Waals surface area (Å²) in [4.78, 5) is 11.5. The molecule has 0 saturated carbocycles. The molecule has 0 bridgehead atoms. The Morgan fingerprint density at radius 2 is 2.25 bits per heavy atom. The molecule has 0 aliphatic rings. The summed E-state index contributed by atoms with van der Waals surface area (Å²) in [5.74, 6) is -0.0112. The Bertz CT molecular complexity index is 551. The molecule has 0 unspecified atom stereocenters. The van der Waals surface area contributed by atoms with Crippen LogP contribution in [-0.2, 0) is 0 Å². The first-order valence-corrected chi connectivity index (χ1v) is 5.76. The van der Waals surface area contributed by atoms with Gasteiger partial charge in [-0.25, -0.2) is 4.68 Å². The molecule has 0 N–H and O–H groups in total. The first-order valence-electron chi connectivity index (χ1n) is 4.59. The number of hydrogen-bond donors (Lipinski definition) is 0. The number of rotatable bonds is 2. The van der Waals surface area contributed by atoms with Gasteiger partial charge in [-0.05, 0) is 25.1 Å². The predicted molar refractivity (Wildman–Crippen MR) is 66.3 cm³/mol. The molecule has 2 aromatic rings. The summed E-state index contributed by atoms with van der Waals surface area (Å²) in [7, 11) is 0. The zero-order chi connectivity index (χ0) is 11.7. The lowest BCUT2D eigenvalue weighted by Crippen LogP contribution is -2.03. The van der Waals surface area contributed by atoms with Crippen LogP contribution in [0.2, 0.25) is 5.02 Å². The molecule has 1 heterocycles. The molecule has 0 amide bonds. The van der Waals surface area contributed by atoms with E-state index in [1.54, 1.807) is 16.9 Å². The van der Waals surface area contributed by atoms with E-state index in [1.807, 2.05) is 12.1 Å². The summed E-state index contributed by atoms with van der Waals surface area (Å²) in [6.45, 7) is 1.52. The van der Waals surface area contributed by atoms with E-state index in [0.29, 0.717) is 10.6 Å². The van der Waals surface area contributed by atoms with Gasteiger partial charge >= 0.3 is 0 Å². The van der Waals surface area contributed by atoms with Crippen LogP contribution in [0.4, 0.5) is 0 Å². The fourth-order valence-corrected chi connectivity index (χ4v) is 1.92. The number of hydrogen-bond acceptors (Lipinski definition) is 2. The summed E-state index contributed by atoms with van der Waals surface area (Å²) >= 11 is 9.13. The summed E-state index contributed by atoms with van der Waals surface area (Å²) in [5.41, 5.74) is 1.33. The molecule has 2 rings (SSSR count). The lowest BCUT2D eigenvalue weighted by atomic mass is 10.1. The molecule has 0 saturated heterocycles. The molecule has 0 aliphatic heterocycles. The van der Waals surface area contributed by atoms with Gasteiger partial charge in [0.25, 0.3) is 0 Å². The highest BCUT2D eigenvalue weighted by Crippen LogP contribution is 2.21. The van der Waals surface area contributed by atoms with Crippen molar-refractivity contribution >= 4 is 33.3 Å². The van der Waals surface area contributed by atoms with E-state index in [4.69, 9.17) is 11.6 Å². The van der Waals surface area contributed by atoms with Crippen molar-refractivity contribution in [3.63, 3.8) is 0 Å². The molecule has 0 fully saturated rings. The minimum absolute atomic E-state index is 0.0112. The topological polar surface area (TPSA) is 34.9 Å². The molecule has 1 aromatic heterocycles. The molecule has 5 heteroatoms. The Hall–Kier alpha value is -1.13. The smallest absolute Gasteiger partial charge is 0.162 e. The van der Waals surface area contributed by atoms with Gasteiger partial charge in [0.1, 0.15) is 0 Å². The minimum atomic E-state index is -0.0112. The van der Waals surface area contributed by atoms with Gasteiger partial charge in [0.15, 0.2) is 5.78 Å². The summed E-state index contributed by atoms with van der Waals surface area (Å²) in [6.07, 6.45) is 3.20. The SMILES string of the molecule is CC(=O)c1cc(Br)ccc1-n1cc(Cl)cn1. The van der Waals surface area contributed by atoms with Crippen LogP contribution in [0.1, 0.15) is 17.3 Å². The van der Waals surface area contributed by atoms with E-state index >= 15 is 0 Å². The third-order valence-electron chi connectivity index (χ3n) is 2.14. The number of Topliss-reactive ketones (excluding diaryl/α,β-unsaturated/α-hetero) is 1. The molecule has 82 valence electrons. The van der Waals surface area contributed by atoms with E-state index in [9.17, 15) is 4.79 Å². The number of nitrogens with zero attached hydrogens (tertiary/aromatic N) is 2. The summed E-state index contributed by atoms with van der Waals surface area (Å²) in [5, 5.41) is 4.62. The first-order chi connectivity index (χ1) is 7.58. The Balaban J connectivity index is 2.60. The van der Waals surface area contributed by atoms with Crippen molar-refractivity contribution in [3.8, 4) is 5.69 Å². The second-order valence-electron chi connectivity index (χ2n) is 3.32. The minimum Gasteiger partial charge on any atom is -0.294 e. The van der Waals surface area contributed by atoms with Crippen molar-refractivity contribution < 1.29 is 4.79 Å². The van der Waals surface area contributed by atoms with Gasteiger partial charge < -0.3 is 0 Å². The Labute approximate surface area is 106 Å². The number of ketones is 1. The monoisotopic (exact) mass is 298 g/mol. The fourth-order valence-electron chi connectivity index (χ4n) is 1.42. The average Bonchev–Trinajstić information content (AvgIpc) is 2.64. The highest BCUT2D eigenvalue weighted by Gasteiger charge is 2.10. The standard InChI is InChI=1S/C11H8BrClN2O/c1-7(16)10-4-8(12)2-3-11(10)15-6-9(13)5-14-15/h2-6H,1H3. The van der Waals surface area contributed by atoms with Gasteiger partial charge in [0, 0.05) is 16.2 Å². The van der Waals surface area contributed by atoms with Gasteiger partial charge in [0.2, 0.25) is 0 Å². The van der Waals surface area contributed by atoms with Crippen LogP contribution < -0.4 is 0 Å². The van der Waals surface area contributed by atoms with Gasteiger partial charge in [0.05, 0.1) is 16.9 Å². The van der Waals surface area contributed by atoms with Crippen molar-refractivity contribution in [2.75, 3.05) is 0 Å². The molecule has 0 spiro atoms. The van der Waals surface area contributed by atoms with E-state index in [1.165, 1.54) is 13.1 Å². The maximum atomic E-state index is 11.5. The van der Waals surface area contributed by atoms with Crippen LogP contribution in [0.5, 0.6) is 0 Å². The molecule has 1 aromatic carbocycles. The highest BCUT2D eigenvalue weighted by atomic mass is 79.9. The highest BCUT2D eigenvalue weighted by molar-refractivity contribution is 9.10. The zero-order valence-corrected chi connectivity index (χ0v) is 10.8. The zero-order valence-electron chi connectivity index (χ0n) is 8.45. The van der Waals surface area contributed by atoms with Gasteiger partial charge in [-0.3, -0.25) is 4.79 Å². The van der Waals surface area contributed by atoms with Crippen molar-refractivity contribution in [2.45, 2.75) is 6.92 Å². The lowest BCUT2D eigenvalue weighted by Gasteiger charge is -2.07. The van der Waals surface area contributed by atoms with Crippen molar-refractivity contribution in [2.24, 2.45) is 0 Å². The van der Waals surface area contributed by atoms with Gasteiger partial charge in [-0.1, -0.05) is 27.5 Å². The number of carbonyl (C=O) groups is 1. The van der Waals surface area contributed by atoms with Crippen LogP contribution >= 0.6 is 27.5 Å². The molecule has 16 heavy (non-hydrogen) atoms. The largest absolute Gasteiger partial charge is 0.294 e. The van der Waals surface area contributed by atoms with Crippen LogP contribution in [0.15, 0.2) is 35.1 Å². The summed E-state index contributed by atoms with van der Waals surface area (Å²) < 4.78 is 2.45.